The highest BCUT2D eigenvalue weighted by Crippen LogP contribution is 2.19. The van der Waals surface area contributed by atoms with Gasteiger partial charge in [-0.2, -0.15) is 5.26 Å². The van der Waals surface area contributed by atoms with Gasteiger partial charge in [-0.25, -0.2) is 12.7 Å². The first kappa shape index (κ1) is 32.4. The van der Waals surface area contributed by atoms with Crippen LogP contribution in [0.25, 0.3) is 0 Å². The van der Waals surface area contributed by atoms with Gasteiger partial charge in [0.25, 0.3) is 0 Å². The van der Waals surface area contributed by atoms with Crippen LogP contribution in [0.4, 0.5) is 0 Å². The average Bonchev–Trinajstić information content (AvgIpc) is 2.80. The second-order valence-corrected chi connectivity index (χ2v) is 12.0. The molecule has 0 aliphatic rings. The Morgan fingerprint density at radius 1 is 0.576 bits per heavy atom. The molecule has 0 radical (unpaired) electrons. The summed E-state index contributed by atoms with van der Waals surface area (Å²) < 4.78 is 28.3. The molecule has 0 aromatic heterocycles. The van der Waals surface area contributed by atoms with Crippen molar-refractivity contribution < 1.29 is 8.42 Å². The molecule has 0 rings (SSSR count). The Bertz CT molecular complexity index is 537. The molecule has 0 fully saturated rings. The van der Waals surface area contributed by atoms with Crippen molar-refractivity contribution in [1.82, 2.24) is 4.31 Å². The monoisotopic (exact) mass is 484 g/mol. The molecule has 0 saturated carbocycles. The molecule has 33 heavy (non-hydrogen) atoms. The van der Waals surface area contributed by atoms with E-state index >= 15 is 0 Å². The predicted octanol–water partition coefficient (Wildman–Crippen LogP) is 8.76. The molecule has 0 spiro atoms. The van der Waals surface area contributed by atoms with Gasteiger partial charge in [0.15, 0.2) is 5.25 Å². The molecule has 0 aliphatic heterocycles. The lowest BCUT2D eigenvalue weighted by molar-refractivity contribution is 0.378. The number of rotatable bonds is 25. The van der Waals surface area contributed by atoms with E-state index < -0.39 is 15.3 Å². The van der Waals surface area contributed by atoms with E-state index in [1.165, 1.54) is 77.0 Å². The van der Waals surface area contributed by atoms with E-state index in [0.29, 0.717) is 19.5 Å². The maximum atomic E-state index is 13.3. The maximum absolute atomic E-state index is 13.3. The first-order valence-electron chi connectivity index (χ1n) is 14.4. The molecule has 5 heteroatoms. The van der Waals surface area contributed by atoms with Crippen LogP contribution in [-0.4, -0.2) is 31.1 Å². The number of sulfonamides is 1. The highest BCUT2D eigenvalue weighted by atomic mass is 32.2. The third-order valence-electron chi connectivity index (χ3n) is 6.71. The first-order chi connectivity index (χ1) is 16.0. The van der Waals surface area contributed by atoms with Crippen LogP contribution in [-0.2, 0) is 10.0 Å². The molecule has 0 amide bonds. The topological polar surface area (TPSA) is 61.2 Å². The largest absolute Gasteiger partial charge is 0.230 e. The van der Waals surface area contributed by atoms with E-state index in [-0.39, 0.29) is 0 Å². The van der Waals surface area contributed by atoms with E-state index in [1.54, 1.807) is 4.31 Å². The van der Waals surface area contributed by atoms with Crippen LogP contribution in [0, 0.1) is 11.3 Å². The van der Waals surface area contributed by atoms with Crippen molar-refractivity contribution in [2.75, 3.05) is 13.1 Å². The highest BCUT2D eigenvalue weighted by molar-refractivity contribution is 7.90. The van der Waals surface area contributed by atoms with Gasteiger partial charge >= 0.3 is 0 Å². The summed E-state index contributed by atoms with van der Waals surface area (Å²) in [5.41, 5.74) is 0. The lowest BCUT2D eigenvalue weighted by Crippen LogP contribution is -2.39. The van der Waals surface area contributed by atoms with Gasteiger partial charge in [0.2, 0.25) is 10.0 Å². The summed E-state index contributed by atoms with van der Waals surface area (Å²) >= 11 is 0. The molecule has 0 aromatic carbocycles. The summed E-state index contributed by atoms with van der Waals surface area (Å²) in [6.07, 6.45) is 23.8. The summed E-state index contributed by atoms with van der Waals surface area (Å²) in [7, 11) is -3.54. The molecule has 0 aromatic rings. The number of unbranched alkanes of at least 4 members (excludes halogenated alkanes) is 17. The van der Waals surface area contributed by atoms with Crippen LogP contribution in [0.5, 0.6) is 0 Å². The van der Waals surface area contributed by atoms with Crippen LogP contribution in [0.1, 0.15) is 156 Å². The number of hydrogen-bond acceptors (Lipinski definition) is 3. The van der Waals surface area contributed by atoms with Crippen LogP contribution in [0.2, 0.25) is 0 Å². The van der Waals surface area contributed by atoms with Gasteiger partial charge < -0.3 is 0 Å². The van der Waals surface area contributed by atoms with E-state index in [9.17, 15) is 13.7 Å². The fourth-order valence-corrected chi connectivity index (χ4v) is 6.15. The Kier molecular flexibility index (Phi) is 22.7. The standard InChI is InChI=1S/C28H56N2O2S/c1-4-7-10-13-15-17-19-22-25-30(26-23-20-18-16-14-11-8-5-2)33(31,32)28(27-29)24-21-12-9-6-3/h28H,4-26H2,1-3H3. The van der Waals surface area contributed by atoms with E-state index in [0.717, 1.165) is 51.4 Å². The molecule has 0 saturated heterocycles. The summed E-state index contributed by atoms with van der Waals surface area (Å²) in [5.74, 6) is 0. The van der Waals surface area contributed by atoms with Gasteiger partial charge in [-0.15, -0.1) is 0 Å². The lowest BCUT2D eigenvalue weighted by atomic mass is 10.1. The Labute approximate surface area is 208 Å². The van der Waals surface area contributed by atoms with Crippen molar-refractivity contribution in [3.8, 4) is 6.07 Å². The van der Waals surface area contributed by atoms with E-state index in [4.69, 9.17) is 0 Å². The summed E-state index contributed by atoms with van der Waals surface area (Å²) in [4.78, 5) is 0. The average molecular weight is 485 g/mol. The van der Waals surface area contributed by atoms with Crippen LogP contribution in [0.3, 0.4) is 0 Å². The fourth-order valence-electron chi connectivity index (χ4n) is 4.43. The Morgan fingerprint density at radius 3 is 1.27 bits per heavy atom. The van der Waals surface area contributed by atoms with Gasteiger partial charge in [-0.1, -0.05) is 136 Å². The Balaban J connectivity index is 4.61. The zero-order chi connectivity index (χ0) is 24.6. The molecule has 4 nitrogen and oxygen atoms in total. The van der Waals surface area contributed by atoms with Crippen molar-refractivity contribution in [3.63, 3.8) is 0 Å². The number of nitriles is 1. The molecule has 0 aliphatic carbocycles. The van der Waals surface area contributed by atoms with Crippen molar-refractivity contribution in [1.29, 1.82) is 5.26 Å². The molecular formula is C28H56N2O2S. The third kappa shape index (κ3) is 17.5. The minimum absolute atomic E-state index is 0.476. The lowest BCUT2D eigenvalue weighted by Gasteiger charge is -2.25. The van der Waals surface area contributed by atoms with Crippen molar-refractivity contribution >= 4 is 10.0 Å². The Hall–Kier alpha value is -0.600. The first-order valence-corrected chi connectivity index (χ1v) is 15.9. The van der Waals surface area contributed by atoms with Crippen LogP contribution < -0.4 is 0 Å². The minimum Gasteiger partial charge on any atom is -0.211 e. The second kappa shape index (κ2) is 23.2. The predicted molar refractivity (Wildman–Crippen MR) is 144 cm³/mol. The Morgan fingerprint density at radius 2 is 0.909 bits per heavy atom. The zero-order valence-electron chi connectivity index (χ0n) is 22.5. The SMILES string of the molecule is CCCCCCCCCCN(CCCCCCCCCC)S(=O)(=O)C(C#N)CCCCCC. The van der Waals surface area contributed by atoms with Gasteiger partial charge in [-0.3, -0.25) is 0 Å². The number of hydrogen-bond donors (Lipinski definition) is 0. The third-order valence-corrected chi connectivity index (χ3v) is 8.85. The smallest absolute Gasteiger partial charge is 0.211 e. The second-order valence-electron chi connectivity index (χ2n) is 9.86. The molecule has 1 atom stereocenters. The van der Waals surface area contributed by atoms with E-state index in [2.05, 4.69) is 26.8 Å². The normalized spacial score (nSPS) is 12.8. The van der Waals surface area contributed by atoms with Gasteiger partial charge in [0, 0.05) is 13.1 Å². The van der Waals surface area contributed by atoms with Crippen molar-refractivity contribution in [3.05, 3.63) is 0 Å². The molecule has 0 bridgehead atoms. The van der Waals surface area contributed by atoms with Crippen LogP contribution >= 0.6 is 0 Å². The molecule has 0 N–H and O–H groups in total. The number of nitrogens with zero attached hydrogens (tertiary/aromatic N) is 2. The van der Waals surface area contributed by atoms with Crippen molar-refractivity contribution in [2.24, 2.45) is 0 Å². The molecular weight excluding hydrogens is 428 g/mol. The zero-order valence-corrected chi connectivity index (χ0v) is 23.3. The summed E-state index contributed by atoms with van der Waals surface area (Å²) in [6.45, 7) is 7.79. The highest BCUT2D eigenvalue weighted by Gasteiger charge is 2.31. The van der Waals surface area contributed by atoms with Gasteiger partial charge in [-0.05, 0) is 19.3 Å². The molecule has 0 heterocycles. The molecule has 1 unspecified atom stereocenters. The summed E-state index contributed by atoms with van der Waals surface area (Å²) in [5, 5.41) is 8.76. The summed E-state index contributed by atoms with van der Waals surface area (Å²) in [6, 6.07) is 2.13. The maximum Gasteiger partial charge on any atom is 0.230 e. The van der Waals surface area contributed by atoms with Gasteiger partial charge in [0.1, 0.15) is 0 Å². The van der Waals surface area contributed by atoms with E-state index in [1.807, 2.05) is 0 Å². The molecule has 196 valence electrons. The van der Waals surface area contributed by atoms with Crippen LogP contribution in [0.15, 0.2) is 0 Å². The van der Waals surface area contributed by atoms with Crippen molar-refractivity contribution in [2.45, 2.75) is 161 Å². The van der Waals surface area contributed by atoms with Gasteiger partial charge in [0.05, 0.1) is 6.07 Å². The quantitative estimate of drug-likeness (QED) is 0.122. The fraction of sp³-hybridized carbons (Fsp3) is 0.964. The minimum atomic E-state index is -3.54.